The monoisotopic (exact) mass is 237 g/mol. The van der Waals surface area contributed by atoms with E-state index in [2.05, 4.69) is 15.2 Å². The molecule has 4 heteroatoms. The molecular formula is C12H16ClN3. The molecule has 16 heavy (non-hydrogen) atoms. The lowest BCUT2D eigenvalue weighted by atomic mass is 9.93. The van der Waals surface area contributed by atoms with Gasteiger partial charge in [-0.25, -0.2) is 0 Å². The Bertz CT molecular complexity index is 382. The third-order valence-electron chi connectivity index (χ3n) is 3.75. The van der Waals surface area contributed by atoms with Crippen LogP contribution in [-0.4, -0.2) is 30.7 Å². The molecule has 2 aliphatic heterocycles. The first-order valence-corrected chi connectivity index (χ1v) is 6.30. The number of anilines is 1. The fraction of sp³-hybridized carbons (Fsp3) is 0.583. The molecule has 2 aliphatic rings. The van der Waals surface area contributed by atoms with Crippen LogP contribution in [0.4, 0.5) is 5.69 Å². The molecule has 0 aromatic carbocycles. The summed E-state index contributed by atoms with van der Waals surface area (Å²) in [5, 5.41) is 4.34. The largest absolute Gasteiger partial charge is 0.370 e. The molecule has 2 fully saturated rings. The molecule has 2 unspecified atom stereocenters. The standard InChI is InChI=1S/C12H16ClN3/c13-10-7-14-4-2-12(10)16-6-3-11-9(8-16)1-5-15-11/h2,4,7,9,11,15H,1,3,5-6,8H2. The molecule has 0 bridgehead atoms. The van der Waals surface area contributed by atoms with Crippen molar-refractivity contribution in [2.24, 2.45) is 5.92 Å². The predicted octanol–water partition coefficient (Wildman–Crippen LogP) is 1.92. The zero-order valence-corrected chi connectivity index (χ0v) is 9.95. The normalized spacial score (nSPS) is 29.2. The fourth-order valence-corrected chi connectivity index (χ4v) is 3.13. The van der Waals surface area contributed by atoms with Gasteiger partial charge in [0.05, 0.1) is 10.7 Å². The lowest BCUT2D eigenvalue weighted by Crippen LogP contribution is -2.44. The van der Waals surface area contributed by atoms with E-state index >= 15 is 0 Å². The van der Waals surface area contributed by atoms with Crippen LogP contribution < -0.4 is 10.2 Å². The predicted molar refractivity (Wildman–Crippen MR) is 66.0 cm³/mol. The molecule has 0 amide bonds. The van der Waals surface area contributed by atoms with Crippen LogP contribution in [-0.2, 0) is 0 Å². The van der Waals surface area contributed by atoms with Gasteiger partial charge in [0.2, 0.25) is 0 Å². The summed E-state index contributed by atoms with van der Waals surface area (Å²) in [5.74, 6) is 0.790. The van der Waals surface area contributed by atoms with Crippen molar-refractivity contribution in [1.29, 1.82) is 0 Å². The highest BCUT2D eigenvalue weighted by molar-refractivity contribution is 6.33. The maximum atomic E-state index is 6.18. The van der Waals surface area contributed by atoms with E-state index in [1.54, 1.807) is 6.20 Å². The Morgan fingerprint density at radius 3 is 3.25 bits per heavy atom. The summed E-state index contributed by atoms with van der Waals surface area (Å²) in [6.45, 7) is 3.40. The molecule has 2 saturated heterocycles. The molecule has 3 nitrogen and oxygen atoms in total. The summed E-state index contributed by atoms with van der Waals surface area (Å²) in [7, 11) is 0. The number of nitrogens with one attached hydrogen (secondary N) is 1. The maximum absolute atomic E-state index is 6.18. The number of fused-ring (bicyclic) bond motifs is 1. The van der Waals surface area contributed by atoms with Crippen molar-refractivity contribution in [3.8, 4) is 0 Å². The minimum absolute atomic E-state index is 0.733. The molecule has 1 aromatic rings. The summed E-state index contributed by atoms with van der Waals surface area (Å²) in [6.07, 6.45) is 6.07. The van der Waals surface area contributed by atoms with Gasteiger partial charge in [-0.2, -0.15) is 0 Å². The van der Waals surface area contributed by atoms with Gasteiger partial charge < -0.3 is 10.2 Å². The summed E-state index contributed by atoms with van der Waals surface area (Å²) < 4.78 is 0. The van der Waals surface area contributed by atoms with Crippen molar-refractivity contribution >= 4 is 17.3 Å². The number of aromatic nitrogens is 1. The van der Waals surface area contributed by atoms with Crippen molar-refractivity contribution in [2.45, 2.75) is 18.9 Å². The second-order valence-corrected chi connectivity index (χ2v) is 5.08. The van der Waals surface area contributed by atoms with Crippen molar-refractivity contribution in [1.82, 2.24) is 10.3 Å². The second-order valence-electron chi connectivity index (χ2n) is 4.67. The van der Waals surface area contributed by atoms with E-state index in [1.807, 2.05) is 12.3 Å². The Kier molecular flexibility index (Phi) is 2.74. The summed E-state index contributed by atoms with van der Waals surface area (Å²) in [4.78, 5) is 6.44. The van der Waals surface area contributed by atoms with Crippen LogP contribution in [0.3, 0.4) is 0 Å². The molecular weight excluding hydrogens is 222 g/mol. The zero-order valence-electron chi connectivity index (χ0n) is 9.19. The van der Waals surface area contributed by atoms with Crippen LogP contribution in [0.15, 0.2) is 18.5 Å². The summed E-state index contributed by atoms with van der Waals surface area (Å²) in [6, 6.07) is 2.75. The quantitative estimate of drug-likeness (QED) is 0.809. The van der Waals surface area contributed by atoms with E-state index in [1.165, 1.54) is 19.4 Å². The molecule has 0 spiro atoms. The van der Waals surface area contributed by atoms with Gasteiger partial charge in [-0.05, 0) is 31.4 Å². The lowest BCUT2D eigenvalue weighted by Gasteiger charge is -2.36. The zero-order chi connectivity index (χ0) is 11.0. The highest BCUT2D eigenvalue weighted by atomic mass is 35.5. The fourth-order valence-electron chi connectivity index (χ4n) is 2.89. The third kappa shape index (κ3) is 1.78. The Morgan fingerprint density at radius 2 is 2.38 bits per heavy atom. The van der Waals surface area contributed by atoms with Crippen LogP contribution in [0, 0.1) is 5.92 Å². The van der Waals surface area contributed by atoms with E-state index in [9.17, 15) is 0 Å². The molecule has 0 saturated carbocycles. The van der Waals surface area contributed by atoms with Gasteiger partial charge >= 0.3 is 0 Å². The van der Waals surface area contributed by atoms with Crippen LogP contribution >= 0.6 is 11.6 Å². The van der Waals surface area contributed by atoms with Gasteiger partial charge in [0, 0.05) is 31.5 Å². The smallest absolute Gasteiger partial charge is 0.0822 e. The third-order valence-corrected chi connectivity index (χ3v) is 4.04. The highest BCUT2D eigenvalue weighted by Crippen LogP contribution is 2.31. The topological polar surface area (TPSA) is 28.2 Å². The molecule has 86 valence electrons. The van der Waals surface area contributed by atoms with E-state index in [4.69, 9.17) is 11.6 Å². The highest BCUT2D eigenvalue weighted by Gasteiger charge is 2.32. The number of hydrogen-bond donors (Lipinski definition) is 1. The number of hydrogen-bond acceptors (Lipinski definition) is 3. The molecule has 1 N–H and O–H groups in total. The van der Waals surface area contributed by atoms with Gasteiger partial charge in [0.1, 0.15) is 0 Å². The number of piperidine rings is 1. The minimum Gasteiger partial charge on any atom is -0.370 e. The SMILES string of the molecule is Clc1cnccc1N1CCC2NCCC2C1. The first-order chi connectivity index (χ1) is 7.84. The van der Waals surface area contributed by atoms with Crippen molar-refractivity contribution in [2.75, 3.05) is 24.5 Å². The van der Waals surface area contributed by atoms with Gasteiger partial charge in [-0.1, -0.05) is 11.6 Å². The lowest BCUT2D eigenvalue weighted by molar-refractivity contribution is 0.376. The van der Waals surface area contributed by atoms with E-state index in [0.29, 0.717) is 0 Å². The number of nitrogens with zero attached hydrogens (tertiary/aromatic N) is 2. The van der Waals surface area contributed by atoms with Crippen LogP contribution in [0.5, 0.6) is 0 Å². The van der Waals surface area contributed by atoms with Crippen LogP contribution in [0.1, 0.15) is 12.8 Å². The molecule has 0 aliphatic carbocycles. The first-order valence-electron chi connectivity index (χ1n) is 5.92. The van der Waals surface area contributed by atoms with Gasteiger partial charge in [-0.3, -0.25) is 4.98 Å². The van der Waals surface area contributed by atoms with E-state index in [-0.39, 0.29) is 0 Å². The van der Waals surface area contributed by atoms with Gasteiger partial charge in [-0.15, -0.1) is 0 Å². The Hall–Kier alpha value is -0.800. The molecule has 0 radical (unpaired) electrons. The minimum atomic E-state index is 0.733. The summed E-state index contributed by atoms with van der Waals surface area (Å²) >= 11 is 6.18. The van der Waals surface area contributed by atoms with E-state index in [0.717, 1.165) is 35.8 Å². The van der Waals surface area contributed by atoms with Gasteiger partial charge in [0.25, 0.3) is 0 Å². The number of halogens is 1. The van der Waals surface area contributed by atoms with Crippen LogP contribution in [0.25, 0.3) is 0 Å². The first kappa shape index (κ1) is 10.4. The van der Waals surface area contributed by atoms with Crippen molar-refractivity contribution < 1.29 is 0 Å². The molecule has 2 atom stereocenters. The molecule has 3 rings (SSSR count). The van der Waals surface area contributed by atoms with Gasteiger partial charge in [0.15, 0.2) is 0 Å². The molecule has 3 heterocycles. The van der Waals surface area contributed by atoms with Crippen molar-refractivity contribution in [3.05, 3.63) is 23.5 Å². The Labute approximate surface area is 101 Å². The van der Waals surface area contributed by atoms with E-state index < -0.39 is 0 Å². The molecule has 1 aromatic heterocycles. The average molecular weight is 238 g/mol. The van der Waals surface area contributed by atoms with Crippen molar-refractivity contribution in [3.63, 3.8) is 0 Å². The average Bonchev–Trinajstić information content (AvgIpc) is 2.76. The number of pyridine rings is 1. The second kappa shape index (κ2) is 4.22. The summed E-state index contributed by atoms with van der Waals surface area (Å²) in [5.41, 5.74) is 1.14. The Morgan fingerprint density at radius 1 is 1.44 bits per heavy atom. The maximum Gasteiger partial charge on any atom is 0.0822 e. The Balaban J connectivity index is 1.79. The van der Waals surface area contributed by atoms with Crippen LogP contribution in [0.2, 0.25) is 5.02 Å². The number of rotatable bonds is 1.